The Morgan fingerprint density at radius 2 is 2.46 bits per heavy atom. The number of carbonyl (C=O) groups excluding carboxylic acids is 1. The molecule has 1 amide bonds. The molecule has 1 saturated heterocycles. The third-order valence-electron chi connectivity index (χ3n) is 1.97. The second-order valence-electron chi connectivity index (χ2n) is 3.05. The molecule has 1 aliphatic heterocycles. The monoisotopic (exact) mass is 202 g/mol. The zero-order valence-electron chi connectivity index (χ0n) is 7.82. The molecule has 1 aliphatic rings. The molecule has 0 aromatic rings. The summed E-state index contributed by atoms with van der Waals surface area (Å²) >= 11 is 1.87. The van der Waals surface area contributed by atoms with Gasteiger partial charge in [0.1, 0.15) is 13.3 Å². The first-order chi connectivity index (χ1) is 6.24. The van der Waals surface area contributed by atoms with Crippen molar-refractivity contribution in [1.29, 1.82) is 0 Å². The minimum atomic E-state index is -0.179. The van der Waals surface area contributed by atoms with Crippen molar-refractivity contribution in [1.82, 2.24) is 5.32 Å². The Hall–Kier alpha value is -0.710. The SMILES string of the molecule is CO/N=C/C(=O)NC1CSCC1C. The Morgan fingerprint density at radius 3 is 3.00 bits per heavy atom. The Balaban J connectivity index is 2.31. The number of thioether (sulfide) groups is 1. The maximum Gasteiger partial charge on any atom is 0.266 e. The average Bonchev–Trinajstić information content (AvgIpc) is 2.48. The van der Waals surface area contributed by atoms with E-state index in [1.165, 1.54) is 7.11 Å². The van der Waals surface area contributed by atoms with Gasteiger partial charge in [0.15, 0.2) is 0 Å². The summed E-state index contributed by atoms with van der Waals surface area (Å²) in [6.45, 7) is 2.14. The highest BCUT2D eigenvalue weighted by Gasteiger charge is 2.24. The minimum absolute atomic E-state index is 0.179. The molecule has 5 heteroatoms. The molecule has 13 heavy (non-hydrogen) atoms. The second kappa shape index (κ2) is 5.11. The van der Waals surface area contributed by atoms with Crippen LogP contribution in [0, 0.1) is 5.92 Å². The van der Waals surface area contributed by atoms with Crippen LogP contribution in [0.3, 0.4) is 0 Å². The molecule has 1 fully saturated rings. The number of nitrogens with one attached hydrogen (secondary N) is 1. The van der Waals surface area contributed by atoms with Crippen LogP contribution in [0.2, 0.25) is 0 Å². The third kappa shape index (κ3) is 3.26. The molecule has 74 valence electrons. The van der Waals surface area contributed by atoms with Crippen LogP contribution < -0.4 is 5.32 Å². The normalized spacial score (nSPS) is 27.8. The van der Waals surface area contributed by atoms with Crippen molar-refractivity contribution in [3.63, 3.8) is 0 Å². The number of hydrogen-bond acceptors (Lipinski definition) is 4. The van der Waals surface area contributed by atoms with Gasteiger partial charge in [-0.25, -0.2) is 0 Å². The highest BCUT2D eigenvalue weighted by Crippen LogP contribution is 2.23. The van der Waals surface area contributed by atoms with Gasteiger partial charge in [0.25, 0.3) is 5.91 Å². The molecule has 0 spiro atoms. The van der Waals surface area contributed by atoms with Gasteiger partial charge in [-0.1, -0.05) is 12.1 Å². The van der Waals surface area contributed by atoms with E-state index in [-0.39, 0.29) is 11.9 Å². The van der Waals surface area contributed by atoms with Crippen LogP contribution in [-0.2, 0) is 9.63 Å². The van der Waals surface area contributed by atoms with Crippen LogP contribution >= 0.6 is 11.8 Å². The van der Waals surface area contributed by atoms with Crippen LogP contribution in [0.15, 0.2) is 5.16 Å². The first kappa shape index (κ1) is 10.4. The fraction of sp³-hybridized carbons (Fsp3) is 0.750. The summed E-state index contributed by atoms with van der Waals surface area (Å²) in [7, 11) is 1.41. The van der Waals surface area contributed by atoms with Crippen molar-refractivity contribution in [3.8, 4) is 0 Å². The zero-order chi connectivity index (χ0) is 9.68. The summed E-state index contributed by atoms with van der Waals surface area (Å²) in [5.74, 6) is 2.48. The molecule has 1 N–H and O–H groups in total. The number of hydrogen-bond donors (Lipinski definition) is 1. The van der Waals surface area contributed by atoms with Crippen LogP contribution in [0.1, 0.15) is 6.92 Å². The molecule has 1 rings (SSSR count). The maximum absolute atomic E-state index is 11.2. The number of nitrogens with zero attached hydrogens (tertiary/aromatic N) is 1. The molecule has 0 aromatic carbocycles. The minimum Gasteiger partial charge on any atom is -0.399 e. The highest BCUT2D eigenvalue weighted by molar-refractivity contribution is 7.99. The molecular weight excluding hydrogens is 188 g/mol. The van der Waals surface area contributed by atoms with Gasteiger partial charge in [-0.15, -0.1) is 0 Å². The van der Waals surface area contributed by atoms with E-state index in [0.717, 1.165) is 17.7 Å². The molecule has 4 nitrogen and oxygen atoms in total. The predicted octanol–water partition coefficient (Wildman–Crippen LogP) is 0.486. The fourth-order valence-corrected chi connectivity index (χ4v) is 2.57. The van der Waals surface area contributed by atoms with Crippen molar-refractivity contribution in [2.24, 2.45) is 11.1 Å². The molecule has 2 unspecified atom stereocenters. The highest BCUT2D eigenvalue weighted by atomic mass is 32.2. The van der Waals surface area contributed by atoms with Crippen molar-refractivity contribution in [2.45, 2.75) is 13.0 Å². The van der Waals surface area contributed by atoms with Gasteiger partial charge in [0.05, 0.1) is 0 Å². The van der Waals surface area contributed by atoms with Crippen LogP contribution in [-0.4, -0.2) is 36.8 Å². The van der Waals surface area contributed by atoms with Gasteiger partial charge < -0.3 is 10.2 Å². The average molecular weight is 202 g/mol. The van der Waals surface area contributed by atoms with Gasteiger partial charge >= 0.3 is 0 Å². The molecule has 0 radical (unpaired) electrons. The molecular formula is C8H14N2O2S. The first-order valence-corrected chi connectivity index (χ1v) is 5.34. The quantitative estimate of drug-likeness (QED) is 0.535. The lowest BCUT2D eigenvalue weighted by Crippen LogP contribution is -2.39. The summed E-state index contributed by atoms with van der Waals surface area (Å²) in [5, 5.41) is 6.27. The Labute approximate surface area is 82.1 Å². The van der Waals surface area contributed by atoms with E-state index in [4.69, 9.17) is 0 Å². The molecule has 1 heterocycles. The van der Waals surface area contributed by atoms with E-state index < -0.39 is 0 Å². The smallest absolute Gasteiger partial charge is 0.266 e. The molecule has 2 atom stereocenters. The number of amides is 1. The lowest BCUT2D eigenvalue weighted by Gasteiger charge is -2.14. The number of oxime groups is 1. The third-order valence-corrected chi connectivity index (χ3v) is 3.32. The summed E-state index contributed by atoms with van der Waals surface area (Å²) in [6, 6.07) is 0.279. The van der Waals surface area contributed by atoms with Gasteiger partial charge in [-0.3, -0.25) is 4.79 Å². The van der Waals surface area contributed by atoms with E-state index in [1.807, 2.05) is 11.8 Å². The van der Waals surface area contributed by atoms with Gasteiger partial charge in [-0.2, -0.15) is 11.8 Å². The maximum atomic E-state index is 11.2. The fourth-order valence-electron chi connectivity index (χ4n) is 1.17. The summed E-state index contributed by atoms with van der Waals surface area (Å²) in [4.78, 5) is 15.6. The van der Waals surface area contributed by atoms with Crippen molar-refractivity contribution in [3.05, 3.63) is 0 Å². The molecule has 0 aromatic heterocycles. The zero-order valence-corrected chi connectivity index (χ0v) is 8.63. The van der Waals surface area contributed by atoms with Crippen LogP contribution in [0.4, 0.5) is 0 Å². The number of carbonyl (C=O) groups is 1. The van der Waals surface area contributed by atoms with Crippen LogP contribution in [0.25, 0.3) is 0 Å². The van der Waals surface area contributed by atoms with E-state index in [2.05, 4.69) is 22.2 Å². The van der Waals surface area contributed by atoms with Crippen molar-refractivity contribution < 1.29 is 9.63 Å². The molecule has 0 saturated carbocycles. The Bertz CT molecular complexity index is 208. The summed E-state index contributed by atoms with van der Waals surface area (Å²) in [5.41, 5.74) is 0. The predicted molar refractivity (Wildman–Crippen MR) is 53.9 cm³/mol. The number of rotatable bonds is 3. The summed E-state index contributed by atoms with van der Waals surface area (Å²) < 4.78 is 0. The van der Waals surface area contributed by atoms with E-state index in [1.54, 1.807) is 0 Å². The van der Waals surface area contributed by atoms with Crippen molar-refractivity contribution in [2.75, 3.05) is 18.6 Å². The lowest BCUT2D eigenvalue weighted by molar-refractivity contribution is -0.115. The van der Waals surface area contributed by atoms with Gasteiger partial charge in [-0.05, 0) is 11.7 Å². The standard InChI is InChI=1S/C8H14N2O2S/c1-6-4-13-5-7(6)10-8(11)3-9-12-2/h3,6-7H,4-5H2,1-2H3,(H,10,11)/b9-3+. The topological polar surface area (TPSA) is 50.7 Å². The largest absolute Gasteiger partial charge is 0.399 e. The van der Waals surface area contributed by atoms with Gasteiger partial charge in [0.2, 0.25) is 0 Å². The summed E-state index contributed by atoms with van der Waals surface area (Å²) in [6.07, 6.45) is 1.16. The lowest BCUT2D eigenvalue weighted by atomic mass is 10.1. The van der Waals surface area contributed by atoms with E-state index in [9.17, 15) is 4.79 Å². The Kier molecular flexibility index (Phi) is 4.08. The first-order valence-electron chi connectivity index (χ1n) is 4.19. The van der Waals surface area contributed by atoms with E-state index >= 15 is 0 Å². The molecule has 0 aliphatic carbocycles. The van der Waals surface area contributed by atoms with Crippen LogP contribution in [0.5, 0.6) is 0 Å². The van der Waals surface area contributed by atoms with Crippen molar-refractivity contribution >= 4 is 23.9 Å². The second-order valence-corrected chi connectivity index (χ2v) is 4.12. The molecule has 0 bridgehead atoms. The van der Waals surface area contributed by atoms with Gasteiger partial charge in [0, 0.05) is 11.8 Å². The Morgan fingerprint density at radius 1 is 1.69 bits per heavy atom. The van der Waals surface area contributed by atoms with E-state index in [0.29, 0.717) is 5.92 Å².